The summed E-state index contributed by atoms with van der Waals surface area (Å²) in [6.07, 6.45) is 9.41. The maximum absolute atomic E-state index is 6.20. The highest BCUT2D eigenvalue weighted by Crippen LogP contribution is 2.32. The molecule has 1 aliphatic carbocycles. The largest absolute Gasteiger partial charge is 0.375 e. The zero-order chi connectivity index (χ0) is 15.6. The number of aryl methyl sites for hydroxylation is 1. The second-order valence-corrected chi connectivity index (χ2v) is 7.35. The highest BCUT2D eigenvalue weighted by atomic mass is 16.5. The molecule has 2 atom stereocenters. The number of hydrogen-bond donors (Lipinski definition) is 0. The van der Waals surface area contributed by atoms with E-state index < -0.39 is 0 Å². The summed E-state index contributed by atoms with van der Waals surface area (Å²) in [5.74, 6) is 2.45. The van der Waals surface area contributed by atoms with E-state index in [1.807, 2.05) is 12.4 Å². The van der Waals surface area contributed by atoms with Crippen molar-refractivity contribution >= 4 is 5.95 Å². The molecule has 3 heterocycles. The maximum Gasteiger partial charge on any atom is 0.225 e. The van der Waals surface area contributed by atoms with Gasteiger partial charge in [-0.25, -0.2) is 9.97 Å². The van der Waals surface area contributed by atoms with Gasteiger partial charge in [0.2, 0.25) is 5.95 Å². The zero-order valence-corrected chi connectivity index (χ0v) is 14.2. The molecule has 23 heavy (non-hydrogen) atoms. The average molecular weight is 316 g/mol. The first-order valence-corrected chi connectivity index (χ1v) is 9.21. The van der Waals surface area contributed by atoms with Crippen LogP contribution in [-0.4, -0.2) is 60.3 Å². The monoisotopic (exact) mass is 316 g/mol. The van der Waals surface area contributed by atoms with Gasteiger partial charge in [-0.1, -0.05) is 6.92 Å². The molecule has 2 saturated heterocycles. The van der Waals surface area contributed by atoms with E-state index in [-0.39, 0.29) is 0 Å². The number of likely N-dealkylation sites (tertiary alicyclic amines) is 1. The van der Waals surface area contributed by atoms with Crippen molar-refractivity contribution in [2.75, 3.05) is 44.2 Å². The van der Waals surface area contributed by atoms with Crippen LogP contribution in [0.4, 0.5) is 5.95 Å². The number of rotatable bonds is 4. The third kappa shape index (κ3) is 3.66. The minimum absolute atomic E-state index is 0.391. The highest BCUT2D eigenvalue weighted by Gasteiger charge is 2.35. The molecule has 0 spiro atoms. The molecule has 4 rings (SSSR count). The van der Waals surface area contributed by atoms with E-state index in [0.717, 1.165) is 44.5 Å². The Morgan fingerprint density at radius 1 is 1.13 bits per heavy atom. The van der Waals surface area contributed by atoms with Gasteiger partial charge in [0.25, 0.3) is 0 Å². The lowest BCUT2D eigenvalue weighted by Gasteiger charge is -2.38. The van der Waals surface area contributed by atoms with Crippen molar-refractivity contribution < 1.29 is 4.74 Å². The van der Waals surface area contributed by atoms with E-state index in [0.29, 0.717) is 12.0 Å². The van der Waals surface area contributed by atoms with E-state index in [1.54, 1.807) is 0 Å². The Morgan fingerprint density at radius 3 is 2.70 bits per heavy atom. The van der Waals surface area contributed by atoms with Gasteiger partial charge in [-0.05, 0) is 43.7 Å². The zero-order valence-electron chi connectivity index (χ0n) is 14.2. The van der Waals surface area contributed by atoms with Crippen molar-refractivity contribution in [1.82, 2.24) is 14.9 Å². The van der Waals surface area contributed by atoms with Crippen LogP contribution >= 0.6 is 0 Å². The fourth-order valence-corrected chi connectivity index (χ4v) is 3.82. The van der Waals surface area contributed by atoms with Crippen molar-refractivity contribution in [2.45, 2.75) is 38.7 Å². The molecule has 0 N–H and O–H groups in total. The minimum atomic E-state index is 0.391. The molecule has 1 saturated carbocycles. The quantitative estimate of drug-likeness (QED) is 0.849. The van der Waals surface area contributed by atoms with E-state index in [9.17, 15) is 0 Å². The van der Waals surface area contributed by atoms with E-state index in [1.165, 1.54) is 37.9 Å². The summed E-state index contributed by atoms with van der Waals surface area (Å²) in [5, 5.41) is 0. The van der Waals surface area contributed by atoms with Crippen molar-refractivity contribution in [1.29, 1.82) is 0 Å². The first kappa shape index (κ1) is 15.3. The minimum Gasteiger partial charge on any atom is -0.375 e. The lowest BCUT2D eigenvalue weighted by atomic mass is 9.93. The molecule has 0 bridgehead atoms. The molecule has 3 fully saturated rings. The van der Waals surface area contributed by atoms with Crippen LogP contribution in [0.2, 0.25) is 0 Å². The standard InChI is InChI=1S/C18H28N4O/c1-2-14-9-19-18(20-10-14)22-7-8-23-17-13-21(11-15-3-4-15)6-5-16(17)12-22/h9-10,15-17H,2-8,11-13H2,1H3/t16-,17-/m0/s1. The van der Waals surface area contributed by atoms with Crippen LogP contribution in [-0.2, 0) is 11.2 Å². The predicted octanol–water partition coefficient (Wildman–Crippen LogP) is 1.98. The van der Waals surface area contributed by atoms with Gasteiger partial charge in [-0.2, -0.15) is 0 Å². The van der Waals surface area contributed by atoms with Crippen molar-refractivity contribution in [2.24, 2.45) is 11.8 Å². The number of anilines is 1. The number of hydrogen-bond acceptors (Lipinski definition) is 5. The molecule has 5 nitrogen and oxygen atoms in total. The Bertz CT molecular complexity index is 516. The molecule has 0 aromatic carbocycles. The number of ether oxygens (including phenoxy) is 1. The van der Waals surface area contributed by atoms with Crippen LogP contribution in [0.3, 0.4) is 0 Å². The molecular formula is C18H28N4O. The Morgan fingerprint density at radius 2 is 1.96 bits per heavy atom. The lowest BCUT2D eigenvalue weighted by molar-refractivity contribution is -0.0227. The topological polar surface area (TPSA) is 41.5 Å². The van der Waals surface area contributed by atoms with Gasteiger partial charge >= 0.3 is 0 Å². The Labute approximate surface area is 139 Å². The first-order valence-electron chi connectivity index (χ1n) is 9.21. The highest BCUT2D eigenvalue weighted by molar-refractivity contribution is 5.30. The van der Waals surface area contributed by atoms with Crippen molar-refractivity contribution in [3.05, 3.63) is 18.0 Å². The van der Waals surface area contributed by atoms with E-state index in [4.69, 9.17) is 4.74 Å². The fourth-order valence-electron chi connectivity index (χ4n) is 3.82. The van der Waals surface area contributed by atoms with E-state index >= 15 is 0 Å². The molecule has 0 amide bonds. The summed E-state index contributed by atoms with van der Waals surface area (Å²) in [7, 11) is 0. The predicted molar refractivity (Wildman–Crippen MR) is 90.6 cm³/mol. The second kappa shape index (κ2) is 6.73. The molecule has 1 aromatic rings. The molecule has 2 aliphatic heterocycles. The molecular weight excluding hydrogens is 288 g/mol. The maximum atomic E-state index is 6.20. The number of aromatic nitrogens is 2. The molecule has 5 heteroatoms. The van der Waals surface area contributed by atoms with E-state index in [2.05, 4.69) is 26.7 Å². The van der Waals surface area contributed by atoms with Crippen LogP contribution in [0.1, 0.15) is 31.7 Å². The molecule has 0 unspecified atom stereocenters. The normalized spacial score (nSPS) is 29.2. The van der Waals surface area contributed by atoms with Gasteiger partial charge in [-0.3, -0.25) is 0 Å². The van der Waals surface area contributed by atoms with Gasteiger partial charge in [0.1, 0.15) is 0 Å². The van der Waals surface area contributed by atoms with Crippen molar-refractivity contribution in [3.8, 4) is 0 Å². The average Bonchev–Trinajstić information content (AvgIpc) is 3.41. The molecule has 126 valence electrons. The Balaban J connectivity index is 1.39. The van der Waals surface area contributed by atoms with Crippen LogP contribution in [0, 0.1) is 11.8 Å². The van der Waals surface area contributed by atoms with Crippen LogP contribution in [0.5, 0.6) is 0 Å². The van der Waals surface area contributed by atoms with Gasteiger partial charge < -0.3 is 14.5 Å². The number of piperidine rings is 1. The van der Waals surface area contributed by atoms with Gasteiger partial charge in [0, 0.05) is 44.5 Å². The summed E-state index contributed by atoms with van der Waals surface area (Å²) >= 11 is 0. The summed E-state index contributed by atoms with van der Waals surface area (Å²) < 4.78 is 6.20. The SMILES string of the molecule is CCc1cnc(N2CCO[C@H]3CN(CC4CC4)CC[C@H]3C2)nc1. The van der Waals surface area contributed by atoms with Gasteiger partial charge in [-0.15, -0.1) is 0 Å². The summed E-state index contributed by atoms with van der Waals surface area (Å²) in [4.78, 5) is 14.1. The number of fused-ring (bicyclic) bond motifs is 1. The summed E-state index contributed by atoms with van der Waals surface area (Å²) in [5.41, 5.74) is 1.20. The first-order chi connectivity index (χ1) is 11.3. The van der Waals surface area contributed by atoms with Crippen LogP contribution in [0.15, 0.2) is 12.4 Å². The number of nitrogens with zero attached hydrogens (tertiary/aromatic N) is 4. The van der Waals surface area contributed by atoms with Crippen LogP contribution < -0.4 is 4.90 Å². The summed E-state index contributed by atoms with van der Waals surface area (Å²) in [6.45, 7) is 8.50. The molecule has 3 aliphatic rings. The van der Waals surface area contributed by atoms with Crippen molar-refractivity contribution in [3.63, 3.8) is 0 Å². The Hall–Kier alpha value is -1.20. The lowest BCUT2D eigenvalue weighted by Crippen LogP contribution is -2.47. The van der Waals surface area contributed by atoms with Gasteiger partial charge in [0.15, 0.2) is 0 Å². The molecule has 1 aromatic heterocycles. The fraction of sp³-hybridized carbons (Fsp3) is 0.778. The third-order valence-corrected chi connectivity index (χ3v) is 5.52. The Kier molecular flexibility index (Phi) is 4.49. The molecule has 0 radical (unpaired) electrons. The van der Waals surface area contributed by atoms with Gasteiger partial charge in [0.05, 0.1) is 12.7 Å². The summed E-state index contributed by atoms with van der Waals surface area (Å²) in [6, 6.07) is 0. The smallest absolute Gasteiger partial charge is 0.225 e. The van der Waals surface area contributed by atoms with Crippen LogP contribution in [0.25, 0.3) is 0 Å². The third-order valence-electron chi connectivity index (χ3n) is 5.52. The second-order valence-electron chi connectivity index (χ2n) is 7.35.